The molecule has 0 spiro atoms. The Hall–Kier alpha value is -1.35. The molecule has 1 aliphatic heterocycles. The number of carbonyl (C=O) groups is 1. The van der Waals surface area contributed by atoms with Crippen LogP contribution in [0.15, 0.2) is 30.3 Å². The Morgan fingerprint density at radius 1 is 1.12 bits per heavy atom. The average Bonchev–Trinajstić information content (AvgIpc) is 3.03. The van der Waals surface area contributed by atoms with Crippen molar-refractivity contribution in [1.82, 2.24) is 10.6 Å². The molecule has 1 saturated heterocycles. The third-order valence-corrected chi connectivity index (χ3v) is 8.50. The van der Waals surface area contributed by atoms with Gasteiger partial charge in [0.1, 0.15) is 0 Å². The second-order valence-electron chi connectivity index (χ2n) is 9.69. The van der Waals surface area contributed by atoms with E-state index in [0.29, 0.717) is 11.9 Å². The highest BCUT2D eigenvalue weighted by molar-refractivity contribution is 5.85. The first-order valence-corrected chi connectivity index (χ1v) is 10.7. The second kappa shape index (κ2) is 5.82. The number of hydrogen-bond donors (Lipinski definition) is 2. The Morgan fingerprint density at radius 3 is 2.62 bits per heavy atom. The fraction of sp³-hybridized carbons (Fsp3) is 0.696. The summed E-state index contributed by atoms with van der Waals surface area (Å²) in [4.78, 5) is 13.7. The van der Waals surface area contributed by atoms with Gasteiger partial charge in [-0.3, -0.25) is 4.79 Å². The summed E-state index contributed by atoms with van der Waals surface area (Å²) in [5.74, 6) is 1.13. The predicted molar refractivity (Wildman–Crippen MR) is 104 cm³/mol. The maximum atomic E-state index is 13.7. The van der Waals surface area contributed by atoms with Crippen LogP contribution in [0.3, 0.4) is 0 Å². The number of amides is 1. The Morgan fingerprint density at radius 2 is 1.88 bits per heavy atom. The molecule has 4 saturated carbocycles. The number of benzene rings is 1. The first-order valence-electron chi connectivity index (χ1n) is 10.7. The van der Waals surface area contributed by atoms with Gasteiger partial charge in [-0.05, 0) is 86.8 Å². The lowest BCUT2D eigenvalue weighted by Gasteiger charge is -2.41. The Balaban J connectivity index is 1.49. The van der Waals surface area contributed by atoms with E-state index >= 15 is 0 Å². The third kappa shape index (κ3) is 2.19. The van der Waals surface area contributed by atoms with Gasteiger partial charge in [0.2, 0.25) is 5.91 Å². The van der Waals surface area contributed by atoms with Crippen molar-refractivity contribution in [2.75, 3.05) is 13.1 Å². The van der Waals surface area contributed by atoms with Crippen molar-refractivity contribution in [3.8, 4) is 0 Å². The van der Waals surface area contributed by atoms with Crippen molar-refractivity contribution in [2.45, 2.75) is 69.7 Å². The molecular weight excluding hydrogens is 320 g/mol. The third-order valence-electron chi connectivity index (χ3n) is 8.50. The molecule has 4 atom stereocenters. The van der Waals surface area contributed by atoms with E-state index < -0.39 is 0 Å². The van der Waals surface area contributed by atoms with E-state index in [4.69, 9.17) is 0 Å². The Labute approximate surface area is 157 Å². The molecular formula is C23H32N2O. The van der Waals surface area contributed by atoms with Crippen LogP contribution in [-0.4, -0.2) is 25.0 Å². The molecule has 1 aromatic carbocycles. The summed E-state index contributed by atoms with van der Waals surface area (Å²) in [6.45, 7) is 4.40. The number of hydrogen-bond acceptors (Lipinski definition) is 2. The van der Waals surface area contributed by atoms with Crippen LogP contribution in [0.4, 0.5) is 0 Å². The molecule has 5 fully saturated rings. The largest absolute Gasteiger partial charge is 0.353 e. The van der Waals surface area contributed by atoms with Crippen molar-refractivity contribution >= 4 is 5.91 Å². The molecule has 2 N–H and O–H groups in total. The maximum absolute atomic E-state index is 13.7. The molecule has 0 aromatic heterocycles. The molecule has 5 aliphatic rings. The van der Waals surface area contributed by atoms with Crippen LogP contribution in [0.5, 0.6) is 0 Å². The molecule has 1 aromatic rings. The molecule has 1 heterocycles. The standard InChI is InChI=1S/C23H32N2O/c1-2-22-13-17-12-21(15-22,18-6-4-3-5-7-18)16-23(22,14-17)20(26)25-19-8-10-24-11-9-19/h3-7,17,19,24H,2,8-16H2,1H3,(H,25,26)/t17?,21-,22-,23?/m1/s1. The van der Waals surface area contributed by atoms with Gasteiger partial charge in [0.25, 0.3) is 0 Å². The summed E-state index contributed by atoms with van der Waals surface area (Å²) in [5.41, 5.74) is 1.83. The van der Waals surface area contributed by atoms with E-state index in [9.17, 15) is 4.79 Å². The lowest BCUT2D eigenvalue weighted by Crippen LogP contribution is -2.52. The van der Waals surface area contributed by atoms with Crippen LogP contribution in [-0.2, 0) is 10.2 Å². The molecule has 140 valence electrons. The quantitative estimate of drug-likeness (QED) is 0.866. The molecule has 0 radical (unpaired) electrons. The summed E-state index contributed by atoms with van der Waals surface area (Å²) in [6.07, 6.45) is 9.30. The molecule has 1 amide bonds. The minimum Gasteiger partial charge on any atom is -0.353 e. The minimum absolute atomic E-state index is 0.120. The van der Waals surface area contributed by atoms with Gasteiger partial charge in [-0.1, -0.05) is 37.3 Å². The van der Waals surface area contributed by atoms with Crippen LogP contribution in [0, 0.1) is 16.7 Å². The van der Waals surface area contributed by atoms with Crippen LogP contribution in [0.1, 0.15) is 63.9 Å². The van der Waals surface area contributed by atoms with E-state index in [1.165, 1.54) is 24.8 Å². The predicted octanol–water partition coefficient (Wildman–Crippen LogP) is 3.78. The second-order valence-corrected chi connectivity index (χ2v) is 9.69. The number of rotatable bonds is 4. The number of nitrogens with one attached hydrogen (secondary N) is 2. The summed E-state index contributed by atoms with van der Waals surface area (Å²) in [7, 11) is 0. The highest BCUT2D eigenvalue weighted by atomic mass is 16.2. The van der Waals surface area contributed by atoms with Crippen LogP contribution in [0.25, 0.3) is 0 Å². The zero-order valence-corrected chi connectivity index (χ0v) is 16.0. The van der Waals surface area contributed by atoms with Crippen LogP contribution >= 0.6 is 0 Å². The molecule has 4 aliphatic carbocycles. The molecule has 6 rings (SSSR count). The Kier molecular flexibility index (Phi) is 3.76. The van der Waals surface area contributed by atoms with Gasteiger partial charge >= 0.3 is 0 Å². The Bertz CT molecular complexity index is 697. The van der Waals surface area contributed by atoms with E-state index in [1.807, 2.05) is 0 Å². The summed E-state index contributed by atoms with van der Waals surface area (Å²) >= 11 is 0. The first kappa shape index (κ1) is 16.8. The zero-order valence-electron chi connectivity index (χ0n) is 16.0. The SMILES string of the molecule is CC[C@]12CC3CC1(C(=O)NC1CCNCC1)C[C@@](c1ccccc1)(C3)C2. The molecule has 2 unspecified atom stereocenters. The van der Waals surface area contributed by atoms with Crippen molar-refractivity contribution in [2.24, 2.45) is 16.7 Å². The van der Waals surface area contributed by atoms with Gasteiger partial charge in [-0.2, -0.15) is 0 Å². The number of piperidine rings is 1. The van der Waals surface area contributed by atoms with Gasteiger partial charge in [-0.25, -0.2) is 0 Å². The van der Waals surface area contributed by atoms with E-state index in [2.05, 4.69) is 47.9 Å². The lowest BCUT2D eigenvalue weighted by atomic mass is 9.63. The zero-order chi connectivity index (χ0) is 17.8. The van der Waals surface area contributed by atoms with Gasteiger partial charge < -0.3 is 10.6 Å². The summed E-state index contributed by atoms with van der Waals surface area (Å²) in [5, 5.41) is 6.92. The van der Waals surface area contributed by atoms with Gasteiger partial charge in [-0.15, -0.1) is 0 Å². The molecule has 26 heavy (non-hydrogen) atoms. The highest BCUT2D eigenvalue weighted by Crippen LogP contribution is 2.77. The van der Waals surface area contributed by atoms with Gasteiger partial charge in [0.15, 0.2) is 0 Å². The van der Waals surface area contributed by atoms with E-state index in [-0.39, 0.29) is 16.2 Å². The van der Waals surface area contributed by atoms with Crippen molar-refractivity contribution < 1.29 is 4.79 Å². The van der Waals surface area contributed by atoms with Crippen LogP contribution in [0.2, 0.25) is 0 Å². The van der Waals surface area contributed by atoms with Crippen molar-refractivity contribution in [3.05, 3.63) is 35.9 Å². The molecule has 4 bridgehead atoms. The van der Waals surface area contributed by atoms with E-state index in [1.54, 1.807) is 0 Å². The van der Waals surface area contributed by atoms with Crippen molar-refractivity contribution in [1.29, 1.82) is 0 Å². The highest BCUT2D eigenvalue weighted by Gasteiger charge is 2.73. The van der Waals surface area contributed by atoms with E-state index in [0.717, 1.165) is 51.1 Å². The average molecular weight is 353 g/mol. The summed E-state index contributed by atoms with van der Waals surface area (Å²) in [6, 6.07) is 11.5. The summed E-state index contributed by atoms with van der Waals surface area (Å²) < 4.78 is 0. The molecule has 3 heteroatoms. The lowest BCUT2D eigenvalue weighted by molar-refractivity contribution is -0.137. The minimum atomic E-state index is -0.120. The normalized spacial score (nSPS) is 41.5. The van der Waals surface area contributed by atoms with Gasteiger partial charge in [0, 0.05) is 6.04 Å². The topological polar surface area (TPSA) is 41.1 Å². The first-order chi connectivity index (χ1) is 12.6. The van der Waals surface area contributed by atoms with Gasteiger partial charge in [0.05, 0.1) is 5.41 Å². The smallest absolute Gasteiger partial charge is 0.227 e. The fourth-order valence-corrected chi connectivity index (χ4v) is 7.58. The maximum Gasteiger partial charge on any atom is 0.227 e. The number of carbonyl (C=O) groups excluding carboxylic acids is 1. The fourth-order valence-electron chi connectivity index (χ4n) is 7.58. The monoisotopic (exact) mass is 352 g/mol. The molecule has 3 nitrogen and oxygen atoms in total. The van der Waals surface area contributed by atoms with Crippen molar-refractivity contribution in [3.63, 3.8) is 0 Å². The van der Waals surface area contributed by atoms with Crippen LogP contribution < -0.4 is 10.6 Å².